The van der Waals surface area contributed by atoms with E-state index in [1.54, 1.807) is 5.12 Å². The predicted molar refractivity (Wildman–Crippen MR) is 117 cm³/mol. The first kappa shape index (κ1) is 20.0. The molecule has 2 fully saturated rings. The first-order valence-electron chi connectivity index (χ1n) is 11.3. The van der Waals surface area contributed by atoms with E-state index in [0.717, 1.165) is 40.8 Å². The van der Waals surface area contributed by atoms with Gasteiger partial charge >= 0.3 is 0 Å². The summed E-state index contributed by atoms with van der Waals surface area (Å²) in [7, 11) is 0. The number of benzene rings is 1. The molecular weight excluding hydrogens is 376 g/mol. The highest BCUT2D eigenvalue weighted by atomic mass is 16.3. The third kappa shape index (κ3) is 3.17. The SMILES string of the molecule is Cc1cc(C2=CCN(N)N2C2CC(C(C)(C)O)C2)cc2c1C(=O)N(C(C)C1CC1)C2. The number of aliphatic hydroxyl groups is 1. The highest BCUT2D eigenvalue weighted by molar-refractivity contribution is 6.00. The van der Waals surface area contributed by atoms with E-state index in [1.807, 2.05) is 13.8 Å². The molecule has 4 aliphatic rings. The van der Waals surface area contributed by atoms with Gasteiger partial charge in [0, 0.05) is 24.2 Å². The molecule has 1 unspecified atom stereocenters. The summed E-state index contributed by atoms with van der Waals surface area (Å²) in [5, 5.41) is 14.3. The van der Waals surface area contributed by atoms with Crippen LogP contribution in [-0.2, 0) is 6.54 Å². The van der Waals surface area contributed by atoms with Crippen molar-refractivity contribution in [3.63, 3.8) is 0 Å². The van der Waals surface area contributed by atoms with Crippen LogP contribution in [0.4, 0.5) is 0 Å². The summed E-state index contributed by atoms with van der Waals surface area (Å²) in [6.45, 7) is 9.43. The largest absolute Gasteiger partial charge is 0.390 e. The number of carbonyl (C=O) groups excluding carboxylic acids is 1. The number of hydrogen-bond acceptors (Lipinski definition) is 5. The third-order valence-corrected chi connectivity index (χ3v) is 7.78. The molecule has 2 aliphatic heterocycles. The monoisotopic (exact) mass is 410 g/mol. The van der Waals surface area contributed by atoms with Crippen LogP contribution >= 0.6 is 0 Å². The van der Waals surface area contributed by atoms with Crippen molar-refractivity contribution >= 4 is 11.6 Å². The van der Waals surface area contributed by atoms with E-state index >= 15 is 0 Å². The first-order valence-corrected chi connectivity index (χ1v) is 11.3. The van der Waals surface area contributed by atoms with Crippen LogP contribution in [0.15, 0.2) is 18.2 Å². The molecule has 0 bridgehead atoms. The molecule has 1 atom stereocenters. The van der Waals surface area contributed by atoms with Crippen LogP contribution in [0.5, 0.6) is 0 Å². The fraction of sp³-hybridized carbons (Fsp3) is 0.625. The number of fused-ring (bicyclic) bond motifs is 1. The molecule has 0 spiro atoms. The van der Waals surface area contributed by atoms with Crippen molar-refractivity contribution in [1.29, 1.82) is 0 Å². The average molecular weight is 411 g/mol. The standard InChI is InChI=1S/C24H34N4O2/c1-14-9-17(10-18-13-26(23(29)22(14)18)15(2)16-5-6-16)21-7-8-27(25)28(21)20-11-19(12-20)24(3,4)30/h7,9-10,15-16,19-20,30H,5-6,8,11-13,25H2,1-4H3. The molecule has 1 aromatic carbocycles. The Hall–Kier alpha value is -1.89. The summed E-state index contributed by atoms with van der Waals surface area (Å²) in [6.07, 6.45) is 6.53. The molecule has 5 rings (SSSR count). The van der Waals surface area contributed by atoms with Gasteiger partial charge < -0.3 is 10.0 Å². The first-order chi connectivity index (χ1) is 14.1. The van der Waals surface area contributed by atoms with Gasteiger partial charge in [0.15, 0.2) is 0 Å². The van der Waals surface area contributed by atoms with Gasteiger partial charge in [-0.3, -0.25) is 15.6 Å². The third-order valence-electron chi connectivity index (χ3n) is 7.78. The number of carbonyl (C=O) groups is 1. The Morgan fingerprint density at radius 2 is 1.93 bits per heavy atom. The maximum absolute atomic E-state index is 13.1. The molecule has 2 saturated carbocycles. The van der Waals surface area contributed by atoms with Crippen molar-refractivity contribution in [3.05, 3.63) is 40.5 Å². The van der Waals surface area contributed by atoms with Gasteiger partial charge in [-0.25, -0.2) is 0 Å². The van der Waals surface area contributed by atoms with Gasteiger partial charge in [0.1, 0.15) is 0 Å². The number of aryl methyl sites for hydroxylation is 1. The topological polar surface area (TPSA) is 73.0 Å². The van der Waals surface area contributed by atoms with E-state index in [0.29, 0.717) is 37.0 Å². The summed E-state index contributed by atoms with van der Waals surface area (Å²) < 4.78 is 0. The maximum atomic E-state index is 13.1. The minimum absolute atomic E-state index is 0.193. The second kappa shape index (κ2) is 6.81. The smallest absolute Gasteiger partial charge is 0.255 e. The molecule has 0 aromatic heterocycles. The van der Waals surface area contributed by atoms with Crippen LogP contribution in [0.25, 0.3) is 5.70 Å². The van der Waals surface area contributed by atoms with Crippen molar-refractivity contribution < 1.29 is 9.90 Å². The zero-order chi connectivity index (χ0) is 21.4. The van der Waals surface area contributed by atoms with Crippen molar-refractivity contribution in [2.45, 2.75) is 77.6 Å². The highest BCUT2D eigenvalue weighted by Crippen LogP contribution is 2.44. The lowest BCUT2D eigenvalue weighted by molar-refractivity contribution is -0.0916. The van der Waals surface area contributed by atoms with Crippen LogP contribution in [0.1, 0.15) is 73.5 Å². The molecule has 6 heteroatoms. The van der Waals surface area contributed by atoms with Crippen LogP contribution in [0, 0.1) is 18.8 Å². The number of amides is 1. The van der Waals surface area contributed by atoms with E-state index < -0.39 is 5.60 Å². The minimum atomic E-state index is -0.647. The van der Waals surface area contributed by atoms with Crippen LogP contribution in [-0.4, -0.2) is 50.3 Å². The van der Waals surface area contributed by atoms with E-state index in [9.17, 15) is 9.90 Å². The molecule has 2 heterocycles. The normalized spacial score (nSPS) is 27.9. The summed E-state index contributed by atoms with van der Waals surface area (Å²) in [5.74, 6) is 7.49. The quantitative estimate of drug-likeness (QED) is 0.730. The lowest BCUT2D eigenvalue weighted by Crippen LogP contribution is -2.56. The van der Waals surface area contributed by atoms with Crippen molar-refractivity contribution in [2.24, 2.45) is 17.7 Å². The maximum Gasteiger partial charge on any atom is 0.255 e. The van der Waals surface area contributed by atoms with Crippen molar-refractivity contribution in [1.82, 2.24) is 15.0 Å². The van der Waals surface area contributed by atoms with Crippen molar-refractivity contribution in [2.75, 3.05) is 6.54 Å². The van der Waals surface area contributed by atoms with E-state index in [2.05, 4.69) is 42.0 Å². The lowest BCUT2D eigenvalue weighted by atomic mass is 9.71. The van der Waals surface area contributed by atoms with Gasteiger partial charge in [-0.05, 0) is 100 Å². The lowest BCUT2D eigenvalue weighted by Gasteiger charge is -2.49. The molecule has 6 nitrogen and oxygen atoms in total. The number of hydrogen-bond donors (Lipinski definition) is 2. The summed E-state index contributed by atoms with van der Waals surface area (Å²) in [6, 6.07) is 4.97. The summed E-state index contributed by atoms with van der Waals surface area (Å²) in [4.78, 5) is 15.1. The van der Waals surface area contributed by atoms with Crippen LogP contribution in [0.3, 0.4) is 0 Å². The number of hydrazine groups is 2. The fourth-order valence-electron chi connectivity index (χ4n) is 5.52. The Balaban J connectivity index is 1.40. The Morgan fingerprint density at radius 3 is 2.57 bits per heavy atom. The van der Waals surface area contributed by atoms with E-state index in [1.165, 1.54) is 12.8 Å². The zero-order valence-electron chi connectivity index (χ0n) is 18.6. The molecule has 162 valence electrons. The predicted octanol–water partition coefficient (Wildman–Crippen LogP) is 3.05. The number of nitrogens with two attached hydrogens (primary N) is 1. The molecule has 1 amide bonds. The fourth-order valence-corrected chi connectivity index (χ4v) is 5.52. The molecule has 0 radical (unpaired) electrons. The van der Waals surface area contributed by atoms with Crippen LogP contribution < -0.4 is 5.84 Å². The summed E-state index contributed by atoms with van der Waals surface area (Å²) in [5.41, 5.74) is 4.71. The van der Waals surface area contributed by atoms with Gasteiger partial charge in [0.25, 0.3) is 5.91 Å². The van der Waals surface area contributed by atoms with Gasteiger partial charge in [-0.15, -0.1) is 0 Å². The molecule has 0 saturated heterocycles. The zero-order valence-corrected chi connectivity index (χ0v) is 18.6. The van der Waals surface area contributed by atoms with Gasteiger partial charge in [0.2, 0.25) is 0 Å². The van der Waals surface area contributed by atoms with Gasteiger partial charge in [-0.2, -0.15) is 5.12 Å². The molecule has 1 aromatic rings. The van der Waals surface area contributed by atoms with Gasteiger partial charge in [-0.1, -0.05) is 0 Å². The second-order valence-corrected chi connectivity index (χ2v) is 10.4. The van der Waals surface area contributed by atoms with Gasteiger partial charge in [0.05, 0.1) is 17.8 Å². The van der Waals surface area contributed by atoms with E-state index in [4.69, 9.17) is 5.84 Å². The molecular formula is C24H34N4O2. The molecule has 3 N–H and O–H groups in total. The average Bonchev–Trinajstić information content (AvgIpc) is 3.33. The number of nitrogens with zero attached hydrogens (tertiary/aromatic N) is 3. The molecule has 30 heavy (non-hydrogen) atoms. The van der Waals surface area contributed by atoms with E-state index in [-0.39, 0.29) is 5.91 Å². The summed E-state index contributed by atoms with van der Waals surface area (Å²) >= 11 is 0. The number of rotatable bonds is 5. The second-order valence-electron chi connectivity index (χ2n) is 10.4. The minimum Gasteiger partial charge on any atom is -0.390 e. The Morgan fingerprint density at radius 1 is 1.23 bits per heavy atom. The van der Waals surface area contributed by atoms with Crippen LogP contribution in [0.2, 0.25) is 0 Å². The Labute approximate surface area is 179 Å². The molecule has 2 aliphatic carbocycles. The van der Waals surface area contributed by atoms with Crippen molar-refractivity contribution in [3.8, 4) is 0 Å². The Kier molecular flexibility index (Phi) is 4.55. The highest BCUT2D eigenvalue weighted by Gasteiger charge is 2.45. The Bertz CT molecular complexity index is 909.